The van der Waals surface area contributed by atoms with E-state index in [1.807, 2.05) is 84.0 Å². The van der Waals surface area contributed by atoms with Gasteiger partial charge in [0.05, 0.1) is 7.11 Å². The first-order chi connectivity index (χ1) is 12.9. The van der Waals surface area contributed by atoms with Crippen molar-refractivity contribution in [2.45, 2.75) is 41.5 Å². The van der Waals surface area contributed by atoms with Crippen molar-refractivity contribution in [1.82, 2.24) is 0 Å². The van der Waals surface area contributed by atoms with E-state index in [-0.39, 0.29) is 20.7 Å². The zero-order chi connectivity index (χ0) is 20.8. The molecule has 148 valence electrons. The normalized spacial score (nSPS) is 12.5. The van der Waals surface area contributed by atoms with E-state index in [0.29, 0.717) is 5.76 Å². The zero-order valence-electron chi connectivity index (χ0n) is 17.7. The fourth-order valence-corrected chi connectivity index (χ4v) is 3.10. The van der Waals surface area contributed by atoms with Crippen LogP contribution in [0.1, 0.15) is 45.7 Å². The molecular formula is C23H33O3P. The third kappa shape index (κ3) is 9.40. The largest absolute Gasteiger partial charge is 0.501 e. The molecule has 27 heavy (non-hydrogen) atoms. The lowest BCUT2D eigenvalue weighted by atomic mass is 10.1. The molecule has 1 aromatic rings. The fourth-order valence-electron chi connectivity index (χ4n) is 2.12. The standard InChI is InChI=1S/C21H27O3P.C2H6/c1-7-10-20(17(5)23-6)25-21(22)14-24-19(13-15(2)3)18-12-9-8-11-16(18)4;1-2/h7-13,25H,2,14H2,1,3-6H3;1-2H3/b10-7-,19-13+,20-17-;. The summed E-state index contributed by atoms with van der Waals surface area (Å²) < 4.78 is 11.1. The van der Waals surface area contributed by atoms with Crippen LogP contribution in [0.2, 0.25) is 0 Å². The van der Waals surface area contributed by atoms with Crippen molar-refractivity contribution in [2.75, 3.05) is 13.7 Å². The molecule has 0 aliphatic rings. The smallest absolute Gasteiger partial charge is 0.193 e. The molecule has 1 unspecified atom stereocenters. The van der Waals surface area contributed by atoms with Crippen LogP contribution in [0.15, 0.2) is 65.7 Å². The van der Waals surface area contributed by atoms with Crippen molar-refractivity contribution in [1.29, 1.82) is 0 Å². The zero-order valence-corrected chi connectivity index (χ0v) is 18.7. The Balaban J connectivity index is 0.00000326. The third-order valence-electron chi connectivity index (χ3n) is 3.44. The Hall–Kier alpha value is -2.12. The Morgan fingerprint density at radius 2 is 1.85 bits per heavy atom. The number of hydrogen-bond acceptors (Lipinski definition) is 3. The van der Waals surface area contributed by atoms with Gasteiger partial charge >= 0.3 is 0 Å². The molecule has 3 nitrogen and oxygen atoms in total. The maximum Gasteiger partial charge on any atom is 0.193 e. The van der Waals surface area contributed by atoms with E-state index in [4.69, 9.17) is 9.47 Å². The van der Waals surface area contributed by atoms with Gasteiger partial charge < -0.3 is 9.47 Å². The van der Waals surface area contributed by atoms with Crippen molar-refractivity contribution in [3.05, 3.63) is 76.8 Å². The molecule has 0 radical (unpaired) electrons. The van der Waals surface area contributed by atoms with Gasteiger partial charge in [0, 0.05) is 10.9 Å². The molecule has 0 N–H and O–H groups in total. The molecule has 0 saturated heterocycles. The number of carbonyl (C=O) groups is 1. The number of ether oxygens (including phenoxy) is 2. The summed E-state index contributed by atoms with van der Waals surface area (Å²) in [7, 11) is 1.60. The minimum absolute atomic E-state index is 0.00426. The Morgan fingerprint density at radius 1 is 1.22 bits per heavy atom. The van der Waals surface area contributed by atoms with Crippen LogP contribution in [0, 0.1) is 6.92 Å². The maximum atomic E-state index is 12.4. The topological polar surface area (TPSA) is 35.5 Å². The molecule has 0 spiro atoms. The Labute approximate surface area is 166 Å². The van der Waals surface area contributed by atoms with Gasteiger partial charge in [0.25, 0.3) is 0 Å². The first kappa shape index (κ1) is 24.9. The second-order valence-corrected chi connectivity index (χ2v) is 7.03. The summed E-state index contributed by atoms with van der Waals surface area (Å²) in [6.45, 7) is 15.6. The quantitative estimate of drug-likeness (QED) is 0.271. The minimum atomic E-state index is -0.00426. The van der Waals surface area contributed by atoms with Crippen molar-refractivity contribution >= 4 is 19.9 Å². The van der Waals surface area contributed by atoms with Crippen LogP contribution in [-0.2, 0) is 14.3 Å². The number of rotatable bonds is 9. The lowest BCUT2D eigenvalue weighted by molar-refractivity contribution is -0.113. The highest BCUT2D eigenvalue weighted by atomic mass is 31.1. The number of aryl methyl sites for hydroxylation is 1. The second-order valence-electron chi connectivity index (χ2n) is 5.68. The fraction of sp³-hybridized carbons (Fsp3) is 0.348. The van der Waals surface area contributed by atoms with Crippen LogP contribution in [0.25, 0.3) is 5.76 Å². The van der Waals surface area contributed by atoms with Crippen molar-refractivity contribution < 1.29 is 14.3 Å². The number of carbonyl (C=O) groups excluding carboxylic acids is 1. The molecule has 0 aliphatic carbocycles. The van der Waals surface area contributed by atoms with Gasteiger partial charge in [-0.2, -0.15) is 0 Å². The summed E-state index contributed by atoms with van der Waals surface area (Å²) >= 11 is 0. The summed E-state index contributed by atoms with van der Waals surface area (Å²) in [5.41, 5.74) is 2.96. The molecule has 0 saturated carbocycles. The van der Waals surface area contributed by atoms with Gasteiger partial charge in [0.15, 0.2) is 12.1 Å². The van der Waals surface area contributed by atoms with E-state index >= 15 is 0 Å². The predicted octanol–water partition coefficient (Wildman–Crippen LogP) is 6.61. The Kier molecular flexibility index (Phi) is 12.9. The SMILES string of the molecule is C=C(C)/C=C(/OCC(=O)PC(/C=C\C)=C(/C)OC)c1ccccc1C.CC. The highest BCUT2D eigenvalue weighted by Crippen LogP contribution is 2.30. The average molecular weight is 388 g/mol. The predicted molar refractivity (Wildman–Crippen MR) is 119 cm³/mol. The molecule has 1 aromatic carbocycles. The molecule has 0 amide bonds. The van der Waals surface area contributed by atoms with Crippen LogP contribution >= 0.6 is 8.58 Å². The molecule has 1 rings (SSSR count). The van der Waals surface area contributed by atoms with Crippen LogP contribution < -0.4 is 0 Å². The highest BCUT2D eigenvalue weighted by Gasteiger charge is 2.12. The van der Waals surface area contributed by atoms with Crippen LogP contribution in [0.4, 0.5) is 0 Å². The second kappa shape index (κ2) is 14.0. The molecule has 0 fully saturated rings. The van der Waals surface area contributed by atoms with Gasteiger partial charge in [-0.3, -0.25) is 4.79 Å². The molecule has 0 heterocycles. The van der Waals surface area contributed by atoms with E-state index in [2.05, 4.69) is 6.58 Å². The molecule has 4 heteroatoms. The van der Waals surface area contributed by atoms with E-state index in [1.165, 1.54) is 0 Å². The van der Waals surface area contributed by atoms with E-state index in [0.717, 1.165) is 27.8 Å². The lowest BCUT2D eigenvalue weighted by Gasteiger charge is -2.13. The van der Waals surface area contributed by atoms with Gasteiger partial charge in [0.2, 0.25) is 0 Å². The minimum Gasteiger partial charge on any atom is -0.501 e. The van der Waals surface area contributed by atoms with Gasteiger partial charge in [-0.25, -0.2) is 0 Å². The summed E-state index contributed by atoms with van der Waals surface area (Å²) in [5, 5.41) is 0.889. The molecule has 0 aliphatic heterocycles. The Morgan fingerprint density at radius 3 is 2.37 bits per heavy atom. The maximum absolute atomic E-state index is 12.4. The van der Waals surface area contributed by atoms with Crippen LogP contribution in [0.5, 0.6) is 0 Å². The van der Waals surface area contributed by atoms with E-state index < -0.39 is 0 Å². The number of hydrogen-bond donors (Lipinski definition) is 0. The summed E-state index contributed by atoms with van der Waals surface area (Å²) in [6, 6.07) is 7.93. The summed E-state index contributed by atoms with van der Waals surface area (Å²) in [6.07, 6.45) is 5.67. The number of allylic oxidation sites excluding steroid dienone is 6. The van der Waals surface area contributed by atoms with Gasteiger partial charge in [-0.1, -0.05) is 62.4 Å². The van der Waals surface area contributed by atoms with Crippen molar-refractivity contribution in [3.63, 3.8) is 0 Å². The van der Waals surface area contributed by atoms with E-state index in [1.54, 1.807) is 7.11 Å². The first-order valence-electron chi connectivity index (χ1n) is 9.12. The lowest BCUT2D eigenvalue weighted by Crippen LogP contribution is -2.05. The summed E-state index contributed by atoms with van der Waals surface area (Å²) in [4.78, 5) is 12.4. The van der Waals surface area contributed by atoms with E-state index in [9.17, 15) is 4.79 Å². The van der Waals surface area contributed by atoms with Gasteiger partial charge in [0.1, 0.15) is 11.5 Å². The van der Waals surface area contributed by atoms with Crippen molar-refractivity contribution in [3.8, 4) is 0 Å². The molecular weight excluding hydrogens is 355 g/mol. The summed E-state index contributed by atoms with van der Waals surface area (Å²) in [5.74, 6) is 1.42. The number of methoxy groups -OCH3 is 1. The molecule has 1 atom stereocenters. The average Bonchev–Trinajstić information content (AvgIpc) is 2.66. The highest BCUT2D eigenvalue weighted by molar-refractivity contribution is 7.62. The van der Waals surface area contributed by atoms with Crippen LogP contribution in [-0.4, -0.2) is 19.2 Å². The Bertz CT molecular complexity index is 712. The van der Waals surface area contributed by atoms with Crippen molar-refractivity contribution in [2.24, 2.45) is 0 Å². The van der Waals surface area contributed by atoms with Gasteiger partial charge in [-0.05, 0) is 47.9 Å². The first-order valence-corrected chi connectivity index (χ1v) is 10.1. The van der Waals surface area contributed by atoms with Gasteiger partial charge in [-0.15, -0.1) is 0 Å². The van der Waals surface area contributed by atoms with Crippen LogP contribution in [0.3, 0.4) is 0 Å². The molecule has 0 aromatic heterocycles. The number of benzene rings is 1. The monoisotopic (exact) mass is 388 g/mol. The third-order valence-corrected chi connectivity index (χ3v) is 4.65. The molecule has 0 bridgehead atoms.